The minimum atomic E-state index is -4.75. The summed E-state index contributed by atoms with van der Waals surface area (Å²) in [6.45, 7) is 10.4. The van der Waals surface area contributed by atoms with Crippen molar-refractivity contribution in [2.75, 3.05) is 6.54 Å². The van der Waals surface area contributed by atoms with Gasteiger partial charge >= 0.3 is 12.3 Å². The van der Waals surface area contributed by atoms with Crippen LogP contribution in [0.2, 0.25) is 23.2 Å². The highest BCUT2D eigenvalue weighted by Gasteiger charge is 2.43. The number of alkyl halides is 3. The lowest BCUT2D eigenvalue weighted by molar-refractivity contribution is -0.137. The molecule has 164 valence electrons. The molecule has 1 aromatic carbocycles. The third-order valence-corrected chi connectivity index (χ3v) is 10.7. The van der Waals surface area contributed by atoms with Crippen molar-refractivity contribution in [1.29, 1.82) is 0 Å². The van der Waals surface area contributed by atoms with Crippen molar-refractivity contribution in [3.05, 3.63) is 34.1 Å². The molecule has 29 heavy (non-hydrogen) atoms. The Bertz CT molecular complexity index is 757. The summed E-state index contributed by atoms with van der Waals surface area (Å²) in [7, 11) is -2.17. The van der Waals surface area contributed by atoms with E-state index in [0.717, 1.165) is 4.90 Å². The molecule has 0 aromatic heterocycles. The Morgan fingerprint density at radius 2 is 1.86 bits per heavy atom. The van der Waals surface area contributed by atoms with Crippen LogP contribution in [0.1, 0.15) is 50.8 Å². The van der Waals surface area contributed by atoms with Crippen LogP contribution >= 0.6 is 11.6 Å². The number of carbonyl (C=O) groups is 1. The van der Waals surface area contributed by atoms with E-state index in [9.17, 15) is 27.5 Å². The molecule has 1 aliphatic rings. The first kappa shape index (κ1) is 24.0. The standard InChI is InChI=1S/C19H26ClF4NO3Si/c1-18(2,3)29(4,5)28-12-6-7-25(17(26)27)15(10-12)16-13(20)8-11(9-14(16)21)19(22,23)24/h8-9,12,15H,6-7,10H2,1-5H3,(H,26,27). The average molecular weight is 456 g/mol. The van der Waals surface area contributed by atoms with Gasteiger partial charge in [-0.2, -0.15) is 13.2 Å². The number of hydrogen-bond acceptors (Lipinski definition) is 2. The predicted octanol–water partition coefficient (Wildman–Crippen LogP) is 6.70. The van der Waals surface area contributed by atoms with Crippen molar-refractivity contribution in [2.24, 2.45) is 0 Å². The van der Waals surface area contributed by atoms with Gasteiger partial charge in [-0.25, -0.2) is 9.18 Å². The normalized spacial score (nSPS) is 21.4. The molecule has 10 heteroatoms. The number of carboxylic acid groups (broad SMARTS) is 1. The third-order valence-electron chi connectivity index (χ3n) is 5.81. The number of amides is 1. The highest BCUT2D eigenvalue weighted by atomic mass is 35.5. The number of likely N-dealkylation sites (tertiary alicyclic amines) is 1. The lowest BCUT2D eigenvalue weighted by Gasteiger charge is -2.44. The number of benzene rings is 1. The Labute approximate surface area is 173 Å². The van der Waals surface area contributed by atoms with Gasteiger partial charge in [0.15, 0.2) is 8.32 Å². The molecule has 4 nitrogen and oxygen atoms in total. The van der Waals surface area contributed by atoms with E-state index in [1.165, 1.54) is 0 Å². The Kier molecular flexibility index (Phi) is 6.67. The number of hydrogen-bond donors (Lipinski definition) is 1. The van der Waals surface area contributed by atoms with Crippen LogP contribution in [0.5, 0.6) is 0 Å². The van der Waals surface area contributed by atoms with Crippen LogP contribution in [0.4, 0.5) is 22.4 Å². The molecule has 1 N–H and O–H groups in total. The van der Waals surface area contributed by atoms with Crippen molar-refractivity contribution in [1.82, 2.24) is 4.90 Å². The average Bonchev–Trinajstić information content (AvgIpc) is 2.51. The van der Waals surface area contributed by atoms with Crippen molar-refractivity contribution in [2.45, 2.75) is 70.1 Å². The quantitative estimate of drug-likeness (QED) is 0.407. The second-order valence-electron chi connectivity index (χ2n) is 8.87. The Hall–Kier alpha value is -1.32. The summed E-state index contributed by atoms with van der Waals surface area (Å²) in [6.07, 6.45) is -5.82. The van der Waals surface area contributed by atoms with Crippen LogP contribution in [-0.4, -0.2) is 37.1 Å². The van der Waals surface area contributed by atoms with E-state index in [0.29, 0.717) is 18.6 Å². The smallest absolute Gasteiger partial charge is 0.416 e. The van der Waals surface area contributed by atoms with E-state index < -0.39 is 43.0 Å². The van der Waals surface area contributed by atoms with Crippen LogP contribution in [0, 0.1) is 5.82 Å². The SMILES string of the molecule is CC(C)(C)[Si](C)(C)OC1CCN(C(=O)O)C(c2c(F)cc(C(F)(F)F)cc2Cl)C1. The van der Waals surface area contributed by atoms with Gasteiger partial charge in [-0.15, -0.1) is 0 Å². The minimum Gasteiger partial charge on any atom is -0.465 e. The van der Waals surface area contributed by atoms with Crippen LogP contribution < -0.4 is 0 Å². The molecule has 0 aliphatic carbocycles. The second kappa shape index (κ2) is 8.07. The fourth-order valence-electron chi connectivity index (χ4n) is 3.20. The lowest BCUT2D eigenvalue weighted by atomic mass is 9.92. The van der Waals surface area contributed by atoms with Crippen molar-refractivity contribution in [3.63, 3.8) is 0 Å². The molecule has 2 atom stereocenters. The van der Waals surface area contributed by atoms with E-state index in [4.69, 9.17) is 16.0 Å². The van der Waals surface area contributed by atoms with Crippen LogP contribution in [-0.2, 0) is 10.6 Å². The first-order valence-electron chi connectivity index (χ1n) is 9.28. The molecule has 1 heterocycles. The molecule has 2 rings (SSSR count). The van der Waals surface area contributed by atoms with Gasteiger partial charge in [-0.3, -0.25) is 0 Å². The number of rotatable bonds is 3. The maximum atomic E-state index is 14.7. The summed E-state index contributed by atoms with van der Waals surface area (Å²) in [4.78, 5) is 12.7. The fourth-order valence-corrected chi connectivity index (χ4v) is 4.94. The van der Waals surface area contributed by atoms with E-state index in [-0.39, 0.29) is 29.7 Å². The van der Waals surface area contributed by atoms with Gasteiger partial charge in [-0.05, 0) is 43.1 Å². The monoisotopic (exact) mass is 455 g/mol. The highest BCUT2D eigenvalue weighted by molar-refractivity contribution is 6.74. The molecule has 1 aliphatic heterocycles. The summed E-state index contributed by atoms with van der Waals surface area (Å²) < 4.78 is 59.9. The molecule has 0 radical (unpaired) electrons. The van der Waals surface area contributed by atoms with E-state index in [1.54, 1.807) is 0 Å². The summed E-state index contributed by atoms with van der Waals surface area (Å²) in [5, 5.41) is 9.01. The van der Waals surface area contributed by atoms with Gasteiger partial charge in [0.1, 0.15) is 5.82 Å². The van der Waals surface area contributed by atoms with Crippen molar-refractivity contribution < 1.29 is 31.9 Å². The lowest BCUT2D eigenvalue weighted by Crippen LogP contribution is -2.49. The Balaban J connectivity index is 2.41. The fraction of sp³-hybridized carbons (Fsp3) is 0.632. The predicted molar refractivity (Wildman–Crippen MR) is 105 cm³/mol. The molecule has 0 saturated carbocycles. The number of nitrogens with zero attached hydrogens (tertiary/aromatic N) is 1. The maximum Gasteiger partial charge on any atom is 0.416 e. The van der Waals surface area contributed by atoms with Gasteiger partial charge in [0, 0.05) is 23.2 Å². The van der Waals surface area contributed by atoms with Gasteiger partial charge in [0.05, 0.1) is 11.6 Å². The maximum absolute atomic E-state index is 14.7. The van der Waals surface area contributed by atoms with Crippen molar-refractivity contribution in [3.8, 4) is 0 Å². The second-order valence-corrected chi connectivity index (χ2v) is 14.0. The molecular formula is C19H26ClF4NO3Si. The van der Waals surface area contributed by atoms with Gasteiger partial charge in [-0.1, -0.05) is 32.4 Å². The zero-order valence-electron chi connectivity index (χ0n) is 17.0. The molecule has 1 saturated heterocycles. The Morgan fingerprint density at radius 3 is 2.31 bits per heavy atom. The molecule has 2 unspecified atom stereocenters. The van der Waals surface area contributed by atoms with E-state index in [2.05, 4.69) is 33.9 Å². The largest absolute Gasteiger partial charge is 0.465 e. The molecule has 1 aromatic rings. The van der Waals surface area contributed by atoms with E-state index >= 15 is 0 Å². The molecule has 1 amide bonds. The molecular weight excluding hydrogens is 430 g/mol. The summed E-state index contributed by atoms with van der Waals surface area (Å²) in [6, 6.07) is -0.0245. The minimum absolute atomic E-state index is 0.0794. The number of halogens is 5. The molecule has 0 bridgehead atoms. The first-order valence-corrected chi connectivity index (χ1v) is 12.6. The highest BCUT2D eigenvalue weighted by Crippen LogP contribution is 2.43. The molecule has 1 fully saturated rings. The van der Waals surface area contributed by atoms with Gasteiger partial charge in [0.25, 0.3) is 0 Å². The van der Waals surface area contributed by atoms with Gasteiger partial charge in [0.2, 0.25) is 0 Å². The molecule has 0 spiro atoms. The first-order chi connectivity index (χ1) is 13.0. The van der Waals surface area contributed by atoms with E-state index in [1.807, 2.05) is 0 Å². The topological polar surface area (TPSA) is 49.8 Å². The van der Waals surface area contributed by atoms with Crippen LogP contribution in [0.3, 0.4) is 0 Å². The summed E-state index contributed by atoms with van der Waals surface area (Å²) >= 11 is 6.01. The third kappa shape index (κ3) is 5.24. The summed E-state index contributed by atoms with van der Waals surface area (Å²) in [5.74, 6) is -1.17. The zero-order valence-corrected chi connectivity index (χ0v) is 18.8. The van der Waals surface area contributed by atoms with Crippen LogP contribution in [0.25, 0.3) is 0 Å². The van der Waals surface area contributed by atoms with Gasteiger partial charge < -0.3 is 14.4 Å². The number of piperidine rings is 1. The van der Waals surface area contributed by atoms with Crippen LogP contribution in [0.15, 0.2) is 12.1 Å². The Morgan fingerprint density at radius 1 is 1.28 bits per heavy atom. The van der Waals surface area contributed by atoms with Crippen molar-refractivity contribution >= 4 is 26.0 Å². The summed E-state index contributed by atoms with van der Waals surface area (Å²) in [5.41, 5.74) is -1.46. The zero-order chi connectivity index (χ0) is 22.4.